The third-order valence-corrected chi connectivity index (χ3v) is 9.80. The zero-order valence-corrected chi connectivity index (χ0v) is 26.1. The fourth-order valence-corrected chi connectivity index (χ4v) is 6.73. The normalized spacial score (nSPS) is 17.2. The number of benzene rings is 1. The van der Waals surface area contributed by atoms with E-state index in [1.807, 2.05) is 27.7 Å². The highest BCUT2D eigenvalue weighted by molar-refractivity contribution is 8.76. The summed E-state index contributed by atoms with van der Waals surface area (Å²) in [6.07, 6.45) is 24.4. The zero-order chi connectivity index (χ0) is 28.2. The quantitative estimate of drug-likeness (QED) is 0.192. The third kappa shape index (κ3) is 9.33. The number of hydrogen-bond donors (Lipinski definition) is 1. The lowest BCUT2D eigenvalue weighted by atomic mass is 10.0. The SMILES string of the molecule is CN(CCSSCCN(C)c1ccc(/C=C/c2cccc[n+]2C)cc1)C1=CC=C(/C=C/C2=CC=CC[NH+]2C)CC1. The molecule has 1 aromatic heterocycles. The summed E-state index contributed by atoms with van der Waals surface area (Å²) in [6, 6.07) is 15.1. The number of hydrogen-bond acceptors (Lipinski definition) is 4. The molecule has 210 valence electrons. The van der Waals surface area contributed by atoms with Gasteiger partial charge in [-0.05, 0) is 72.6 Å². The molecule has 0 bridgehead atoms. The summed E-state index contributed by atoms with van der Waals surface area (Å²) < 4.78 is 2.12. The Kier molecular flexibility index (Phi) is 11.8. The van der Waals surface area contributed by atoms with Crippen LogP contribution < -0.4 is 14.4 Å². The van der Waals surface area contributed by atoms with Crippen molar-refractivity contribution >= 4 is 39.4 Å². The first-order valence-corrected chi connectivity index (χ1v) is 16.7. The van der Waals surface area contributed by atoms with Crippen molar-refractivity contribution in [3.8, 4) is 0 Å². The molecule has 1 unspecified atom stereocenters. The minimum absolute atomic E-state index is 1.04. The summed E-state index contributed by atoms with van der Waals surface area (Å²) in [6.45, 7) is 3.19. The third-order valence-electron chi connectivity index (χ3n) is 7.43. The van der Waals surface area contributed by atoms with E-state index in [1.165, 1.54) is 38.8 Å². The Bertz CT molecular complexity index is 1290. The number of likely N-dealkylation sites (N-methyl/N-ethyl adjacent to an activating group) is 1. The number of allylic oxidation sites excluding steroid dienone is 8. The molecule has 0 saturated heterocycles. The van der Waals surface area contributed by atoms with Crippen LogP contribution in [0.5, 0.6) is 0 Å². The fourth-order valence-electron chi connectivity index (χ4n) is 4.64. The van der Waals surface area contributed by atoms with Crippen molar-refractivity contribution in [3.63, 3.8) is 0 Å². The summed E-state index contributed by atoms with van der Waals surface area (Å²) in [4.78, 5) is 6.22. The van der Waals surface area contributed by atoms with Crippen molar-refractivity contribution in [2.75, 3.05) is 57.2 Å². The van der Waals surface area contributed by atoms with Gasteiger partial charge in [0.2, 0.25) is 5.69 Å². The average molecular weight is 573 g/mol. The molecule has 2 heterocycles. The average Bonchev–Trinajstić information content (AvgIpc) is 2.98. The number of quaternary nitrogens is 1. The standard InChI is InChI=1S/C34H43N4S2/c1-35-23-7-5-9-31(35)17-11-29-13-19-33(20-14-29)37(3)25-27-39-40-28-26-38(4)34-21-15-30(16-22-34)12-18-32-10-6-8-24-36(32)2/h5-15,17-21,23H,16,22,24-28H2,1-4H3/q+1/p+1/b18-12+. The maximum atomic E-state index is 2.43. The summed E-state index contributed by atoms with van der Waals surface area (Å²) in [5.41, 5.74) is 7.89. The largest absolute Gasteiger partial charge is 0.377 e. The van der Waals surface area contributed by atoms with Crippen LogP contribution in [0.15, 0.2) is 108 Å². The first-order chi connectivity index (χ1) is 19.5. The van der Waals surface area contributed by atoms with Crippen LogP contribution in [0.25, 0.3) is 12.2 Å². The van der Waals surface area contributed by atoms with E-state index in [1.54, 1.807) is 0 Å². The molecule has 2 aliphatic rings. The summed E-state index contributed by atoms with van der Waals surface area (Å²) in [5, 5.41) is 0. The number of anilines is 1. The molecule has 4 rings (SSSR count). The molecule has 0 saturated carbocycles. The van der Waals surface area contributed by atoms with Crippen molar-refractivity contribution in [1.82, 2.24) is 4.90 Å². The predicted molar refractivity (Wildman–Crippen MR) is 177 cm³/mol. The molecular weight excluding hydrogens is 529 g/mol. The molecule has 0 amide bonds. The molecular formula is C34H44N4S2+2. The minimum atomic E-state index is 1.04. The Morgan fingerprint density at radius 2 is 1.62 bits per heavy atom. The highest BCUT2D eigenvalue weighted by atomic mass is 33.1. The second-order valence-corrected chi connectivity index (χ2v) is 13.1. The predicted octanol–water partition coefficient (Wildman–Crippen LogP) is 5.56. The lowest BCUT2D eigenvalue weighted by Gasteiger charge is -2.25. The zero-order valence-electron chi connectivity index (χ0n) is 24.4. The van der Waals surface area contributed by atoms with Crippen LogP contribution in [0.3, 0.4) is 0 Å². The van der Waals surface area contributed by atoms with Gasteiger partial charge < -0.3 is 14.7 Å². The van der Waals surface area contributed by atoms with E-state index in [-0.39, 0.29) is 0 Å². The highest BCUT2D eigenvalue weighted by Gasteiger charge is 2.11. The molecule has 2 aromatic rings. The van der Waals surface area contributed by atoms with Crippen molar-refractivity contribution in [1.29, 1.82) is 0 Å². The molecule has 1 N–H and O–H groups in total. The maximum Gasteiger partial charge on any atom is 0.204 e. The topological polar surface area (TPSA) is 14.8 Å². The van der Waals surface area contributed by atoms with Crippen LogP contribution in [-0.4, -0.2) is 57.2 Å². The monoisotopic (exact) mass is 572 g/mol. The molecule has 6 heteroatoms. The van der Waals surface area contributed by atoms with E-state index in [0.29, 0.717) is 0 Å². The highest BCUT2D eigenvalue weighted by Crippen LogP contribution is 2.25. The molecule has 0 spiro atoms. The molecule has 1 aromatic carbocycles. The van der Waals surface area contributed by atoms with Gasteiger partial charge in [0.1, 0.15) is 19.3 Å². The lowest BCUT2D eigenvalue weighted by molar-refractivity contribution is -0.829. The Morgan fingerprint density at radius 3 is 2.33 bits per heavy atom. The van der Waals surface area contributed by atoms with Crippen molar-refractivity contribution < 1.29 is 9.47 Å². The molecule has 0 fully saturated rings. The van der Waals surface area contributed by atoms with Gasteiger partial charge in [-0.25, -0.2) is 4.57 Å². The van der Waals surface area contributed by atoms with Crippen LogP contribution in [0.1, 0.15) is 24.1 Å². The van der Waals surface area contributed by atoms with Crippen LogP contribution in [0, 0.1) is 0 Å². The first-order valence-electron chi connectivity index (χ1n) is 14.2. The molecule has 40 heavy (non-hydrogen) atoms. The van der Waals surface area contributed by atoms with Gasteiger partial charge in [-0.3, -0.25) is 0 Å². The van der Waals surface area contributed by atoms with Crippen molar-refractivity contribution in [2.24, 2.45) is 7.05 Å². The number of pyridine rings is 1. The van der Waals surface area contributed by atoms with Gasteiger partial charge in [0.05, 0.1) is 7.05 Å². The van der Waals surface area contributed by atoms with Gasteiger partial charge in [-0.2, -0.15) is 0 Å². The Morgan fingerprint density at radius 1 is 0.850 bits per heavy atom. The van der Waals surface area contributed by atoms with Gasteiger partial charge >= 0.3 is 0 Å². The Hall–Kier alpha value is -2.93. The molecule has 0 radical (unpaired) electrons. The molecule has 4 nitrogen and oxygen atoms in total. The van der Waals surface area contributed by atoms with Crippen LogP contribution in [0.2, 0.25) is 0 Å². The van der Waals surface area contributed by atoms with E-state index in [9.17, 15) is 0 Å². The van der Waals surface area contributed by atoms with Crippen molar-refractivity contribution in [2.45, 2.75) is 12.8 Å². The Balaban J connectivity index is 1.12. The number of aryl methyl sites for hydroxylation is 1. The van der Waals surface area contributed by atoms with Crippen LogP contribution >= 0.6 is 21.6 Å². The van der Waals surface area contributed by atoms with Crippen LogP contribution in [-0.2, 0) is 7.05 Å². The first kappa shape index (κ1) is 30.0. The van der Waals surface area contributed by atoms with Crippen molar-refractivity contribution in [3.05, 3.63) is 119 Å². The van der Waals surface area contributed by atoms with Gasteiger partial charge in [0.15, 0.2) is 6.20 Å². The van der Waals surface area contributed by atoms with E-state index >= 15 is 0 Å². The number of aromatic nitrogens is 1. The van der Waals surface area contributed by atoms with E-state index in [0.717, 1.165) is 44.0 Å². The van der Waals surface area contributed by atoms with Gasteiger partial charge in [-0.15, -0.1) is 0 Å². The number of rotatable bonds is 13. The second kappa shape index (κ2) is 15.8. The van der Waals surface area contributed by atoms with Gasteiger partial charge in [0.25, 0.3) is 0 Å². The maximum absolute atomic E-state index is 2.43. The Labute approximate surface area is 249 Å². The molecule has 1 aliphatic heterocycles. The van der Waals surface area contributed by atoms with Gasteiger partial charge in [-0.1, -0.05) is 51.9 Å². The molecule has 1 aliphatic carbocycles. The smallest absolute Gasteiger partial charge is 0.204 e. The van der Waals surface area contributed by atoms with Gasteiger partial charge in [0, 0.05) is 68.3 Å². The lowest BCUT2D eigenvalue weighted by Crippen LogP contribution is -3.07. The van der Waals surface area contributed by atoms with E-state index in [2.05, 4.69) is 140 Å². The number of nitrogens with zero attached hydrogens (tertiary/aromatic N) is 3. The van der Waals surface area contributed by atoms with Crippen LogP contribution in [0.4, 0.5) is 5.69 Å². The molecule has 1 atom stereocenters. The fraction of sp³-hybridized carbons (Fsp3) is 0.324. The van der Waals surface area contributed by atoms with E-state index in [4.69, 9.17) is 0 Å². The van der Waals surface area contributed by atoms with E-state index < -0.39 is 0 Å². The second-order valence-electron chi connectivity index (χ2n) is 10.4. The summed E-state index contributed by atoms with van der Waals surface area (Å²) >= 11 is 0. The number of nitrogens with one attached hydrogen (secondary N) is 1. The summed E-state index contributed by atoms with van der Waals surface area (Å²) in [5.74, 6) is 2.25. The minimum Gasteiger partial charge on any atom is -0.377 e. The summed E-state index contributed by atoms with van der Waals surface area (Å²) in [7, 11) is 12.7.